The molecule has 0 fully saturated rings. The van der Waals surface area contributed by atoms with Crippen LogP contribution in [-0.2, 0) is 4.79 Å². The van der Waals surface area contributed by atoms with E-state index in [-0.39, 0.29) is 17.5 Å². The SMILES string of the molecule is O=C(O)CCCCNC(=O)c1cc(=O)[nH]c2cc(F)ccc12. The minimum Gasteiger partial charge on any atom is -0.481 e. The quantitative estimate of drug-likeness (QED) is 0.707. The normalized spacial score (nSPS) is 10.6. The van der Waals surface area contributed by atoms with Gasteiger partial charge in [0.2, 0.25) is 5.56 Å². The molecule has 1 aromatic heterocycles. The molecular weight excluding hydrogens is 291 g/mol. The van der Waals surface area contributed by atoms with E-state index < -0.39 is 23.3 Å². The summed E-state index contributed by atoms with van der Waals surface area (Å²) in [6.45, 7) is 0.307. The van der Waals surface area contributed by atoms with Crippen molar-refractivity contribution in [3.05, 3.63) is 46.0 Å². The fourth-order valence-corrected chi connectivity index (χ4v) is 2.12. The minimum absolute atomic E-state index is 0.0447. The number of pyridine rings is 1. The number of hydrogen-bond donors (Lipinski definition) is 3. The molecule has 0 radical (unpaired) electrons. The second-order valence-electron chi connectivity index (χ2n) is 4.84. The average Bonchev–Trinajstić information content (AvgIpc) is 2.44. The molecular formula is C15H15FN2O4. The summed E-state index contributed by atoms with van der Waals surface area (Å²) in [7, 11) is 0. The average molecular weight is 306 g/mol. The summed E-state index contributed by atoms with van der Waals surface area (Å²) in [6.07, 6.45) is 1.02. The number of carboxylic acid groups (broad SMARTS) is 1. The zero-order chi connectivity index (χ0) is 16.1. The van der Waals surface area contributed by atoms with Crippen molar-refractivity contribution in [3.8, 4) is 0 Å². The molecule has 0 saturated carbocycles. The number of H-pyrrole nitrogens is 1. The van der Waals surface area contributed by atoms with Crippen molar-refractivity contribution in [2.24, 2.45) is 0 Å². The molecule has 0 spiro atoms. The van der Waals surface area contributed by atoms with Gasteiger partial charge in [-0.25, -0.2) is 4.39 Å². The molecule has 116 valence electrons. The van der Waals surface area contributed by atoms with Gasteiger partial charge in [0.15, 0.2) is 0 Å². The monoisotopic (exact) mass is 306 g/mol. The van der Waals surface area contributed by atoms with Crippen LogP contribution in [0.15, 0.2) is 29.1 Å². The molecule has 22 heavy (non-hydrogen) atoms. The lowest BCUT2D eigenvalue weighted by atomic mass is 10.1. The summed E-state index contributed by atoms with van der Waals surface area (Å²) in [5.74, 6) is -1.83. The van der Waals surface area contributed by atoms with Crippen molar-refractivity contribution in [3.63, 3.8) is 0 Å². The van der Waals surface area contributed by atoms with Crippen molar-refractivity contribution < 1.29 is 19.1 Å². The predicted molar refractivity (Wildman–Crippen MR) is 78.3 cm³/mol. The predicted octanol–water partition coefficient (Wildman–Crippen LogP) is 1.65. The summed E-state index contributed by atoms with van der Waals surface area (Å²) in [5.41, 5.74) is -0.0744. The van der Waals surface area contributed by atoms with Gasteiger partial charge in [0.25, 0.3) is 5.91 Å². The molecule has 0 saturated heterocycles. The van der Waals surface area contributed by atoms with Gasteiger partial charge < -0.3 is 15.4 Å². The number of aromatic amines is 1. The van der Waals surface area contributed by atoms with Crippen LogP contribution in [0.4, 0.5) is 4.39 Å². The number of unbranched alkanes of at least 4 members (excludes halogenated alkanes) is 1. The van der Waals surface area contributed by atoms with Crippen molar-refractivity contribution in [1.82, 2.24) is 10.3 Å². The fraction of sp³-hybridized carbons (Fsp3) is 0.267. The summed E-state index contributed by atoms with van der Waals surface area (Å²) < 4.78 is 13.2. The third kappa shape index (κ3) is 3.91. The van der Waals surface area contributed by atoms with Crippen molar-refractivity contribution in [2.75, 3.05) is 6.54 Å². The van der Waals surface area contributed by atoms with Gasteiger partial charge in [-0.05, 0) is 31.0 Å². The van der Waals surface area contributed by atoms with Gasteiger partial charge in [-0.15, -0.1) is 0 Å². The topological polar surface area (TPSA) is 99.3 Å². The number of amides is 1. The van der Waals surface area contributed by atoms with Gasteiger partial charge in [-0.1, -0.05) is 0 Å². The van der Waals surface area contributed by atoms with E-state index in [4.69, 9.17) is 5.11 Å². The number of carboxylic acids is 1. The lowest BCUT2D eigenvalue weighted by molar-refractivity contribution is -0.137. The summed E-state index contributed by atoms with van der Waals surface area (Å²) in [6, 6.07) is 4.96. The molecule has 0 bridgehead atoms. The van der Waals surface area contributed by atoms with Crippen molar-refractivity contribution in [1.29, 1.82) is 0 Å². The summed E-state index contributed by atoms with van der Waals surface area (Å²) in [5, 5.41) is 11.6. The van der Waals surface area contributed by atoms with E-state index in [0.29, 0.717) is 24.8 Å². The van der Waals surface area contributed by atoms with Crippen LogP contribution in [0.25, 0.3) is 10.9 Å². The number of halogens is 1. The summed E-state index contributed by atoms with van der Waals surface area (Å²) in [4.78, 5) is 36.5. The first kappa shape index (κ1) is 15.7. The van der Waals surface area contributed by atoms with Crippen LogP contribution < -0.4 is 10.9 Å². The van der Waals surface area contributed by atoms with Crippen molar-refractivity contribution in [2.45, 2.75) is 19.3 Å². The first-order chi connectivity index (χ1) is 10.5. The Bertz CT molecular complexity index is 770. The molecule has 0 aliphatic rings. The largest absolute Gasteiger partial charge is 0.481 e. The van der Waals surface area contributed by atoms with Crippen LogP contribution in [0.1, 0.15) is 29.6 Å². The maximum absolute atomic E-state index is 13.2. The van der Waals surface area contributed by atoms with Gasteiger partial charge >= 0.3 is 5.97 Å². The number of aromatic nitrogens is 1. The zero-order valence-corrected chi connectivity index (χ0v) is 11.7. The molecule has 1 heterocycles. The number of nitrogens with one attached hydrogen (secondary N) is 2. The Morgan fingerprint density at radius 1 is 1.23 bits per heavy atom. The second-order valence-corrected chi connectivity index (χ2v) is 4.84. The molecule has 0 unspecified atom stereocenters. The molecule has 0 atom stereocenters. The Morgan fingerprint density at radius 3 is 2.73 bits per heavy atom. The number of benzene rings is 1. The first-order valence-electron chi connectivity index (χ1n) is 6.80. The Kier molecular flexibility index (Phi) is 4.88. The number of fused-ring (bicyclic) bond motifs is 1. The standard InChI is InChI=1S/C15H15FN2O4/c16-9-4-5-10-11(8-13(19)18-12(10)7-9)15(22)17-6-2-1-3-14(20)21/h4-5,7-8H,1-3,6H2,(H,17,22)(H,18,19)(H,20,21). The van der Waals surface area contributed by atoms with E-state index in [0.717, 1.165) is 12.1 Å². The smallest absolute Gasteiger partial charge is 0.303 e. The number of carbonyl (C=O) groups is 2. The third-order valence-electron chi connectivity index (χ3n) is 3.15. The lowest BCUT2D eigenvalue weighted by Gasteiger charge is -2.07. The highest BCUT2D eigenvalue weighted by Gasteiger charge is 2.12. The number of hydrogen-bond acceptors (Lipinski definition) is 3. The van der Waals surface area contributed by atoms with Gasteiger partial charge in [0.05, 0.1) is 11.1 Å². The van der Waals surface area contributed by atoms with Gasteiger partial charge in [0.1, 0.15) is 5.82 Å². The second kappa shape index (κ2) is 6.84. The third-order valence-corrected chi connectivity index (χ3v) is 3.15. The number of aliphatic carboxylic acids is 1. The highest BCUT2D eigenvalue weighted by molar-refractivity contribution is 6.05. The van der Waals surface area contributed by atoms with Crippen LogP contribution in [0.2, 0.25) is 0 Å². The first-order valence-corrected chi connectivity index (χ1v) is 6.80. The Morgan fingerprint density at radius 2 is 2.00 bits per heavy atom. The van der Waals surface area contributed by atoms with Gasteiger partial charge in [0, 0.05) is 24.4 Å². The molecule has 2 aromatic rings. The van der Waals surface area contributed by atoms with E-state index in [2.05, 4.69) is 10.3 Å². The highest BCUT2D eigenvalue weighted by atomic mass is 19.1. The fourth-order valence-electron chi connectivity index (χ4n) is 2.12. The lowest BCUT2D eigenvalue weighted by Crippen LogP contribution is -2.26. The molecule has 2 rings (SSSR count). The van der Waals surface area contributed by atoms with E-state index in [1.807, 2.05) is 0 Å². The Balaban J connectivity index is 2.11. The number of rotatable bonds is 6. The molecule has 1 aromatic carbocycles. The van der Waals surface area contributed by atoms with E-state index >= 15 is 0 Å². The number of carbonyl (C=O) groups excluding carboxylic acids is 1. The molecule has 7 heteroatoms. The van der Waals surface area contributed by atoms with Crippen LogP contribution in [0.5, 0.6) is 0 Å². The van der Waals surface area contributed by atoms with E-state index in [1.165, 1.54) is 12.1 Å². The maximum Gasteiger partial charge on any atom is 0.303 e. The van der Waals surface area contributed by atoms with Gasteiger partial charge in [-0.3, -0.25) is 14.4 Å². The summed E-state index contributed by atoms with van der Waals surface area (Å²) >= 11 is 0. The maximum atomic E-state index is 13.2. The van der Waals surface area contributed by atoms with Gasteiger partial charge in [-0.2, -0.15) is 0 Å². The van der Waals surface area contributed by atoms with Crippen LogP contribution in [-0.4, -0.2) is 28.5 Å². The van der Waals surface area contributed by atoms with E-state index in [1.54, 1.807) is 0 Å². The molecule has 0 aliphatic heterocycles. The minimum atomic E-state index is -0.881. The highest BCUT2D eigenvalue weighted by Crippen LogP contribution is 2.16. The van der Waals surface area contributed by atoms with Crippen molar-refractivity contribution >= 4 is 22.8 Å². The Labute approximate surface area is 125 Å². The Hall–Kier alpha value is -2.70. The zero-order valence-electron chi connectivity index (χ0n) is 11.7. The van der Waals surface area contributed by atoms with E-state index in [9.17, 15) is 18.8 Å². The molecule has 0 aliphatic carbocycles. The molecule has 3 N–H and O–H groups in total. The molecule has 1 amide bonds. The van der Waals surface area contributed by atoms with Crippen LogP contribution in [0, 0.1) is 5.82 Å². The van der Waals surface area contributed by atoms with Crippen LogP contribution in [0.3, 0.4) is 0 Å². The molecule has 6 nitrogen and oxygen atoms in total. The van der Waals surface area contributed by atoms with Crippen LogP contribution >= 0.6 is 0 Å².